The third kappa shape index (κ3) is 1.98. The first-order chi connectivity index (χ1) is 8.62. The van der Waals surface area contributed by atoms with Crippen molar-refractivity contribution in [3.8, 4) is 5.75 Å². The van der Waals surface area contributed by atoms with E-state index in [0.29, 0.717) is 16.3 Å². The van der Waals surface area contributed by atoms with Gasteiger partial charge < -0.3 is 4.74 Å². The Labute approximate surface area is 122 Å². The monoisotopic (exact) mass is 328 g/mol. The number of alkyl halides is 1. The third-order valence-corrected chi connectivity index (χ3v) is 6.15. The maximum absolute atomic E-state index is 6.26. The topological polar surface area (TPSA) is 9.23 Å². The average Bonchev–Trinajstić information content (AvgIpc) is 2.83. The van der Waals surface area contributed by atoms with Crippen LogP contribution < -0.4 is 4.74 Å². The van der Waals surface area contributed by atoms with Crippen molar-refractivity contribution in [3.63, 3.8) is 0 Å². The van der Waals surface area contributed by atoms with E-state index in [4.69, 9.17) is 16.3 Å². The van der Waals surface area contributed by atoms with Crippen molar-refractivity contribution in [2.75, 3.05) is 0 Å². The highest BCUT2D eigenvalue weighted by Gasteiger charge is 2.56. The molecule has 1 aromatic carbocycles. The zero-order valence-corrected chi connectivity index (χ0v) is 12.9. The van der Waals surface area contributed by atoms with Crippen LogP contribution in [0.4, 0.5) is 0 Å². The summed E-state index contributed by atoms with van der Waals surface area (Å²) in [4.78, 5) is 0.644. The standard InChI is InChI=1S/C15H18BrClO/c1-10-8-11(17)4-5-12(10)18-14-9-13(16)15(14)6-2-3-7-15/h4-5,8,13-14H,2-3,6-7,9H2,1H3. The van der Waals surface area contributed by atoms with Crippen LogP contribution in [0.2, 0.25) is 5.02 Å². The van der Waals surface area contributed by atoms with Crippen LogP contribution in [0.3, 0.4) is 0 Å². The van der Waals surface area contributed by atoms with Crippen LogP contribution in [-0.4, -0.2) is 10.9 Å². The summed E-state index contributed by atoms with van der Waals surface area (Å²) < 4.78 is 6.26. The molecule has 0 aromatic heterocycles. The van der Waals surface area contributed by atoms with Gasteiger partial charge in [-0.15, -0.1) is 0 Å². The molecule has 3 rings (SSSR count). The van der Waals surface area contributed by atoms with Gasteiger partial charge in [-0.25, -0.2) is 0 Å². The highest BCUT2D eigenvalue weighted by molar-refractivity contribution is 9.09. The average molecular weight is 330 g/mol. The summed E-state index contributed by atoms with van der Waals surface area (Å²) in [6.45, 7) is 2.06. The molecule has 2 fully saturated rings. The number of rotatable bonds is 2. The highest BCUT2D eigenvalue weighted by atomic mass is 79.9. The predicted octanol–water partition coefficient (Wildman–Crippen LogP) is 5.12. The molecule has 0 heterocycles. The van der Waals surface area contributed by atoms with Crippen molar-refractivity contribution < 1.29 is 4.74 Å². The number of aryl methyl sites for hydroxylation is 1. The fourth-order valence-corrected chi connectivity index (χ4v) is 4.75. The predicted molar refractivity (Wildman–Crippen MR) is 78.8 cm³/mol. The Balaban J connectivity index is 1.77. The van der Waals surface area contributed by atoms with Crippen molar-refractivity contribution in [1.82, 2.24) is 0 Å². The lowest BCUT2D eigenvalue weighted by Crippen LogP contribution is -2.55. The molecule has 2 atom stereocenters. The molecule has 1 aromatic rings. The van der Waals surface area contributed by atoms with Gasteiger partial charge in [0.25, 0.3) is 0 Å². The van der Waals surface area contributed by atoms with Crippen LogP contribution in [0, 0.1) is 12.3 Å². The summed E-state index contributed by atoms with van der Waals surface area (Å²) in [5, 5.41) is 0.780. The summed E-state index contributed by atoms with van der Waals surface area (Å²) in [6, 6.07) is 5.89. The lowest BCUT2D eigenvalue weighted by molar-refractivity contribution is -0.0307. The summed E-state index contributed by atoms with van der Waals surface area (Å²) in [5.41, 5.74) is 1.53. The molecule has 2 saturated carbocycles. The van der Waals surface area contributed by atoms with Crippen LogP contribution in [0.1, 0.15) is 37.7 Å². The van der Waals surface area contributed by atoms with E-state index in [1.165, 1.54) is 25.7 Å². The summed E-state index contributed by atoms with van der Waals surface area (Å²) in [5.74, 6) is 0.995. The molecular weight excluding hydrogens is 312 g/mol. The zero-order chi connectivity index (χ0) is 12.8. The van der Waals surface area contributed by atoms with Gasteiger partial charge in [0.2, 0.25) is 0 Å². The van der Waals surface area contributed by atoms with Crippen molar-refractivity contribution in [2.24, 2.45) is 5.41 Å². The van der Waals surface area contributed by atoms with Crippen LogP contribution >= 0.6 is 27.5 Å². The molecule has 0 bridgehead atoms. The molecule has 98 valence electrons. The van der Waals surface area contributed by atoms with E-state index in [9.17, 15) is 0 Å². The van der Waals surface area contributed by atoms with Gasteiger partial charge in [0.15, 0.2) is 0 Å². The van der Waals surface area contributed by atoms with Gasteiger partial charge in [-0.2, -0.15) is 0 Å². The van der Waals surface area contributed by atoms with Gasteiger partial charge in [0.1, 0.15) is 11.9 Å². The van der Waals surface area contributed by atoms with E-state index in [0.717, 1.165) is 22.8 Å². The lowest BCUT2D eigenvalue weighted by Gasteiger charge is -2.51. The Morgan fingerprint density at radius 2 is 2.06 bits per heavy atom. The minimum absolute atomic E-state index is 0.379. The van der Waals surface area contributed by atoms with Gasteiger partial charge >= 0.3 is 0 Å². The zero-order valence-electron chi connectivity index (χ0n) is 10.6. The van der Waals surface area contributed by atoms with Gasteiger partial charge in [-0.1, -0.05) is 40.4 Å². The number of benzene rings is 1. The largest absolute Gasteiger partial charge is 0.489 e. The molecule has 3 heteroatoms. The van der Waals surface area contributed by atoms with E-state index in [1.807, 2.05) is 18.2 Å². The number of halogens is 2. The summed E-state index contributed by atoms with van der Waals surface area (Å²) in [6.07, 6.45) is 6.82. The number of ether oxygens (including phenoxy) is 1. The van der Waals surface area contributed by atoms with Crippen molar-refractivity contribution in [1.29, 1.82) is 0 Å². The molecule has 2 unspecified atom stereocenters. The van der Waals surface area contributed by atoms with Crippen LogP contribution in [0.25, 0.3) is 0 Å². The quantitative estimate of drug-likeness (QED) is 0.684. The second-order valence-corrected chi connectivity index (χ2v) is 7.20. The highest BCUT2D eigenvalue weighted by Crippen LogP contribution is 2.57. The molecule has 0 amide bonds. The summed E-state index contributed by atoms with van der Waals surface area (Å²) in [7, 11) is 0. The normalized spacial score (nSPS) is 29.3. The van der Waals surface area contributed by atoms with Gasteiger partial charge in [-0.3, -0.25) is 0 Å². The van der Waals surface area contributed by atoms with E-state index in [2.05, 4.69) is 22.9 Å². The smallest absolute Gasteiger partial charge is 0.122 e. The van der Waals surface area contributed by atoms with Crippen molar-refractivity contribution in [2.45, 2.75) is 50.0 Å². The van der Waals surface area contributed by atoms with Crippen molar-refractivity contribution >= 4 is 27.5 Å². The molecule has 18 heavy (non-hydrogen) atoms. The van der Waals surface area contributed by atoms with Crippen LogP contribution in [0.5, 0.6) is 5.75 Å². The minimum Gasteiger partial charge on any atom is -0.489 e. The Kier molecular flexibility index (Phi) is 3.36. The second kappa shape index (κ2) is 4.72. The summed E-state index contributed by atoms with van der Waals surface area (Å²) >= 11 is 9.81. The molecule has 0 radical (unpaired) electrons. The Morgan fingerprint density at radius 3 is 2.67 bits per heavy atom. The fourth-order valence-electron chi connectivity index (χ4n) is 3.43. The Bertz CT molecular complexity index is 454. The molecule has 0 saturated heterocycles. The van der Waals surface area contributed by atoms with E-state index in [1.54, 1.807) is 0 Å². The van der Waals surface area contributed by atoms with E-state index < -0.39 is 0 Å². The van der Waals surface area contributed by atoms with Crippen LogP contribution in [0.15, 0.2) is 18.2 Å². The van der Waals surface area contributed by atoms with Crippen LogP contribution in [-0.2, 0) is 0 Å². The minimum atomic E-state index is 0.379. The molecule has 2 aliphatic rings. The molecular formula is C15H18BrClO. The Morgan fingerprint density at radius 1 is 1.33 bits per heavy atom. The Hall–Kier alpha value is -0.210. The van der Waals surface area contributed by atoms with Gasteiger partial charge in [0.05, 0.1) is 0 Å². The first-order valence-electron chi connectivity index (χ1n) is 6.69. The lowest BCUT2D eigenvalue weighted by atomic mass is 9.64. The third-order valence-electron chi connectivity index (χ3n) is 4.63. The first kappa shape index (κ1) is 12.8. The van der Waals surface area contributed by atoms with E-state index >= 15 is 0 Å². The molecule has 0 aliphatic heterocycles. The molecule has 1 nitrogen and oxygen atoms in total. The van der Waals surface area contributed by atoms with E-state index in [-0.39, 0.29) is 0 Å². The van der Waals surface area contributed by atoms with Crippen molar-refractivity contribution in [3.05, 3.63) is 28.8 Å². The second-order valence-electron chi connectivity index (χ2n) is 5.66. The van der Waals surface area contributed by atoms with Gasteiger partial charge in [-0.05, 0) is 49.9 Å². The fraction of sp³-hybridized carbons (Fsp3) is 0.600. The number of hydrogen-bond acceptors (Lipinski definition) is 1. The van der Waals surface area contributed by atoms with Gasteiger partial charge in [0, 0.05) is 15.3 Å². The molecule has 1 spiro atoms. The maximum Gasteiger partial charge on any atom is 0.122 e. The molecule has 2 aliphatic carbocycles. The SMILES string of the molecule is Cc1cc(Cl)ccc1OC1CC(Br)C12CCCC2. The molecule has 0 N–H and O–H groups in total. The first-order valence-corrected chi connectivity index (χ1v) is 7.98. The maximum atomic E-state index is 6.26. The number of hydrogen-bond donors (Lipinski definition) is 0.